The van der Waals surface area contributed by atoms with Crippen LogP contribution in [0.1, 0.15) is 20.3 Å². The van der Waals surface area contributed by atoms with Gasteiger partial charge in [0.25, 0.3) is 0 Å². The molecule has 0 aliphatic carbocycles. The molecule has 24 heavy (non-hydrogen) atoms. The summed E-state index contributed by atoms with van der Waals surface area (Å²) in [6.07, 6.45) is 0.999. The Balaban J connectivity index is 1.67. The summed E-state index contributed by atoms with van der Waals surface area (Å²) >= 11 is 4.80. The molecule has 2 aromatic rings. The van der Waals surface area contributed by atoms with Crippen LogP contribution >= 0.6 is 34.9 Å². The van der Waals surface area contributed by atoms with Crippen molar-refractivity contribution in [3.8, 4) is 0 Å². The maximum Gasteiger partial charge on any atom is 0.237 e. The van der Waals surface area contributed by atoms with Crippen LogP contribution in [-0.4, -0.2) is 40.2 Å². The summed E-state index contributed by atoms with van der Waals surface area (Å²) in [5.41, 5.74) is 1.03. The zero-order chi connectivity index (χ0) is 16.9. The second-order valence-corrected chi connectivity index (χ2v) is 9.10. The number of nitrogens with zero attached hydrogens (tertiary/aromatic N) is 3. The number of anilines is 2. The molecule has 2 heterocycles. The zero-order valence-electron chi connectivity index (χ0n) is 13.7. The van der Waals surface area contributed by atoms with Gasteiger partial charge >= 0.3 is 0 Å². The van der Waals surface area contributed by atoms with Crippen LogP contribution in [-0.2, 0) is 4.79 Å². The molecule has 5 nitrogen and oxygen atoms in total. The lowest BCUT2D eigenvalue weighted by Gasteiger charge is -2.22. The van der Waals surface area contributed by atoms with Gasteiger partial charge < -0.3 is 10.2 Å². The second kappa shape index (κ2) is 8.22. The standard InChI is InChI=1S/C16H20N4OS3/c1-3-17-15-18-19-16(24-15)22-10-14(21)20-9-8-11(2)23-13-7-5-4-6-12(13)20/h4-7,11H,3,8-10H2,1-2H3,(H,17,18)/t11-/m1/s1. The lowest BCUT2D eigenvalue weighted by Crippen LogP contribution is -2.33. The van der Waals surface area contributed by atoms with E-state index in [9.17, 15) is 4.79 Å². The molecule has 1 atom stereocenters. The fraction of sp³-hybridized carbons (Fsp3) is 0.438. The molecule has 0 fully saturated rings. The number of amides is 1. The highest BCUT2D eigenvalue weighted by Gasteiger charge is 2.24. The molecule has 1 aromatic heterocycles. The molecule has 0 saturated heterocycles. The minimum Gasteiger partial charge on any atom is -0.360 e. The Morgan fingerprint density at radius 1 is 1.42 bits per heavy atom. The summed E-state index contributed by atoms with van der Waals surface area (Å²) in [6.45, 7) is 5.82. The van der Waals surface area contributed by atoms with Crippen molar-refractivity contribution in [2.24, 2.45) is 0 Å². The van der Waals surface area contributed by atoms with Gasteiger partial charge in [-0.2, -0.15) is 0 Å². The first-order chi connectivity index (χ1) is 11.7. The number of nitrogens with one attached hydrogen (secondary N) is 1. The fourth-order valence-electron chi connectivity index (χ4n) is 2.44. The molecule has 1 aromatic carbocycles. The van der Waals surface area contributed by atoms with E-state index in [1.165, 1.54) is 28.0 Å². The van der Waals surface area contributed by atoms with E-state index < -0.39 is 0 Å². The Hall–Kier alpha value is -1.25. The molecule has 1 amide bonds. The van der Waals surface area contributed by atoms with Crippen molar-refractivity contribution < 1.29 is 4.79 Å². The summed E-state index contributed by atoms with van der Waals surface area (Å²) in [7, 11) is 0. The third-order valence-corrected chi connectivity index (χ3v) is 6.83. The normalized spacial score (nSPS) is 17.2. The molecule has 0 bridgehead atoms. The van der Waals surface area contributed by atoms with Gasteiger partial charge in [-0.05, 0) is 25.5 Å². The van der Waals surface area contributed by atoms with Crippen molar-refractivity contribution in [1.29, 1.82) is 0 Å². The Morgan fingerprint density at radius 2 is 2.25 bits per heavy atom. The molecular weight excluding hydrogens is 360 g/mol. The monoisotopic (exact) mass is 380 g/mol. The average molecular weight is 381 g/mol. The molecule has 8 heteroatoms. The second-order valence-electron chi connectivity index (χ2n) is 5.42. The SMILES string of the molecule is CCNc1nnc(SCC(=O)N2CC[C@@H](C)Sc3ccccc32)s1. The van der Waals surface area contributed by atoms with Crippen molar-refractivity contribution in [2.75, 3.05) is 29.1 Å². The molecule has 1 aliphatic heterocycles. The summed E-state index contributed by atoms with van der Waals surface area (Å²) in [5, 5.41) is 12.6. The van der Waals surface area contributed by atoms with Gasteiger partial charge in [0.15, 0.2) is 4.34 Å². The lowest BCUT2D eigenvalue weighted by atomic mass is 10.2. The minimum absolute atomic E-state index is 0.127. The third-order valence-electron chi connectivity index (χ3n) is 3.60. The summed E-state index contributed by atoms with van der Waals surface area (Å²) < 4.78 is 0.824. The summed E-state index contributed by atoms with van der Waals surface area (Å²) in [5.74, 6) is 0.510. The summed E-state index contributed by atoms with van der Waals surface area (Å²) in [4.78, 5) is 15.9. The number of hydrogen-bond acceptors (Lipinski definition) is 7. The van der Waals surface area contributed by atoms with Crippen LogP contribution in [0.5, 0.6) is 0 Å². The number of rotatable bonds is 5. The molecule has 3 rings (SSSR count). The molecule has 0 saturated carbocycles. The molecular formula is C16H20N4OS3. The van der Waals surface area contributed by atoms with E-state index in [2.05, 4.69) is 28.5 Å². The van der Waals surface area contributed by atoms with Gasteiger partial charge in [-0.1, -0.05) is 42.2 Å². The van der Waals surface area contributed by atoms with Crippen molar-refractivity contribution in [3.05, 3.63) is 24.3 Å². The van der Waals surface area contributed by atoms with Crippen LogP contribution in [0.3, 0.4) is 0 Å². The Bertz CT molecular complexity index is 706. The Labute approximate surface area is 154 Å². The maximum absolute atomic E-state index is 12.8. The molecule has 0 unspecified atom stereocenters. The average Bonchev–Trinajstić information content (AvgIpc) is 2.94. The molecule has 1 N–H and O–H groups in total. The van der Waals surface area contributed by atoms with E-state index in [-0.39, 0.29) is 5.91 Å². The minimum atomic E-state index is 0.127. The Kier molecular flexibility index (Phi) is 6.02. The van der Waals surface area contributed by atoms with Crippen molar-refractivity contribution in [3.63, 3.8) is 0 Å². The number of para-hydroxylation sites is 1. The van der Waals surface area contributed by atoms with Gasteiger partial charge in [0.05, 0.1) is 11.4 Å². The topological polar surface area (TPSA) is 58.1 Å². The Morgan fingerprint density at radius 3 is 3.08 bits per heavy atom. The molecule has 128 valence electrons. The molecule has 0 radical (unpaired) electrons. The number of fused-ring (bicyclic) bond motifs is 1. The van der Waals surface area contributed by atoms with Crippen LogP contribution in [0.25, 0.3) is 0 Å². The largest absolute Gasteiger partial charge is 0.360 e. The highest BCUT2D eigenvalue weighted by Crippen LogP contribution is 2.37. The predicted molar refractivity (Wildman–Crippen MR) is 104 cm³/mol. The van der Waals surface area contributed by atoms with E-state index >= 15 is 0 Å². The van der Waals surface area contributed by atoms with Gasteiger partial charge in [-0.25, -0.2) is 0 Å². The van der Waals surface area contributed by atoms with E-state index in [0.717, 1.165) is 34.7 Å². The quantitative estimate of drug-likeness (QED) is 0.792. The lowest BCUT2D eigenvalue weighted by molar-refractivity contribution is -0.116. The number of hydrogen-bond donors (Lipinski definition) is 1. The van der Waals surface area contributed by atoms with E-state index in [1.54, 1.807) is 0 Å². The molecule has 0 spiro atoms. The smallest absolute Gasteiger partial charge is 0.237 e. The maximum atomic E-state index is 12.8. The number of carbonyl (C=O) groups is 1. The van der Waals surface area contributed by atoms with Crippen LogP contribution in [0.4, 0.5) is 10.8 Å². The first-order valence-electron chi connectivity index (χ1n) is 7.93. The van der Waals surface area contributed by atoms with Crippen LogP contribution in [0.15, 0.2) is 33.5 Å². The fourth-order valence-corrected chi connectivity index (χ4v) is 5.25. The number of carbonyl (C=O) groups excluding carboxylic acids is 1. The first-order valence-corrected chi connectivity index (χ1v) is 10.6. The van der Waals surface area contributed by atoms with E-state index in [1.807, 2.05) is 41.8 Å². The van der Waals surface area contributed by atoms with E-state index in [0.29, 0.717) is 11.0 Å². The van der Waals surface area contributed by atoms with Gasteiger partial charge in [0, 0.05) is 23.2 Å². The number of thioether (sulfide) groups is 2. The third kappa shape index (κ3) is 4.23. The molecule has 1 aliphatic rings. The highest BCUT2D eigenvalue weighted by molar-refractivity contribution is 8.01. The van der Waals surface area contributed by atoms with Crippen LogP contribution in [0.2, 0.25) is 0 Å². The van der Waals surface area contributed by atoms with Crippen LogP contribution < -0.4 is 10.2 Å². The number of aromatic nitrogens is 2. The van der Waals surface area contributed by atoms with Gasteiger partial charge in [-0.15, -0.1) is 22.0 Å². The van der Waals surface area contributed by atoms with Gasteiger partial charge in [0.2, 0.25) is 11.0 Å². The van der Waals surface area contributed by atoms with Crippen molar-refractivity contribution >= 4 is 51.6 Å². The number of benzene rings is 1. The predicted octanol–water partition coefficient (Wildman–Crippen LogP) is 3.98. The van der Waals surface area contributed by atoms with Gasteiger partial charge in [-0.3, -0.25) is 4.79 Å². The zero-order valence-corrected chi connectivity index (χ0v) is 16.1. The van der Waals surface area contributed by atoms with Crippen LogP contribution in [0, 0.1) is 0 Å². The summed E-state index contributed by atoms with van der Waals surface area (Å²) in [6, 6.07) is 8.17. The first kappa shape index (κ1) is 17.6. The van der Waals surface area contributed by atoms with E-state index in [4.69, 9.17) is 0 Å². The highest BCUT2D eigenvalue weighted by atomic mass is 32.2. The van der Waals surface area contributed by atoms with Crippen molar-refractivity contribution in [2.45, 2.75) is 34.8 Å². The van der Waals surface area contributed by atoms with Crippen molar-refractivity contribution in [1.82, 2.24) is 10.2 Å². The van der Waals surface area contributed by atoms with Gasteiger partial charge in [0.1, 0.15) is 0 Å².